The van der Waals surface area contributed by atoms with E-state index in [-0.39, 0.29) is 23.3 Å². The van der Waals surface area contributed by atoms with Crippen molar-refractivity contribution in [3.8, 4) is 0 Å². The van der Waals surface area contributed by atoms with E-state index in [0.717, 1.165) is 0 Å². The summed E-state index contributed by atoms with van der Waals surface area (Å²) in [7, 11) is 0. The summed E-state index contributed by atoms with van der Waals surface area (Å²) in [5.74, 6) is -0.496. The lowest BCUT2D eigenvalue weighted by atomic mass is 10.2. The zero-order valence-electron chi connectivity index (χ0n) is 16.9. The molecule has 0 aliphatic rings. The number of benzene rings is 2. The first-order valence-electron chi connectivity index (χ1n) is 9.55. The van der Waals surface area contributed by atoms with Gasteiger partial charge >= 0.3 is 0 Å². The highest BCUT2D eigenvalue weighted by molar-refractivity contribution is 7.99. The van der Waals surface area contributed by atoms with E-state index < -0.39 is 11.9 Å². The molecule has 0 aliphatic carbocycles. The zero-order valence-corrected chi connectivity index (χ0v) is 18.5. The summed E-state index contributed by atoms with van der Waals surface area (Å²) in [6, 6.07) is 12.2. The van der Waals surface area contributed by atoms with Crippen molar-refractivity contribution in [3.63, 3.8) is 0 Å². The molecule has 0 spiro atoms. The van der Waals surface area contributed by atoms with Crippen LogP contribution < -0.4 is 10.6 Å². The van der Waals surface area contributed by atoms with Crippen LogP contribution in [0.3, 0.4) is 0 Å². The van der Waals surface area contributed by atoms with Crippen molar-refractivity contribution in [2.75, 3.05) is 11.1 Å². The van der Waals surface area contributed by atoms with Gasteiger partial charge in [-0.15, -0.1) is 10.2 Å². The van der Waals surface area contributed by atoms with Crippen LogP contribution in [-0.4, -0.2) is 32.3 Å². The van der Waals surface area contributed by atoms with Crippen LogP contribution in [0.2, 0.25) is 5.02 Å². The Balaban J connectivity index is 1.63. The molecule has 1 aromatic heterocycles. The van der Waals surface area contributed by atoms with Crippen molar-refractivity contribution in [2.45, 2.75) is 31.6 Å². The smallest absolute Gasteiger partial charge is 0.251 e. The predicted octanol–water partition coefficient (Wildman–Crippen LogP) is 4.31. The molecule has 7 nitrogen and oxygen atoms in total. The highest BCUT2D eigenvalue weighted by Gasteiger charge is 2.20. The molecule has 0 saturated carbocycles. The second kappa shape index (κ2) is 10.4. The molecule has 3 rings (SSSR count). The number of para-hydroxylation sites is 1. The van der Waals surface area contributed by atoms with Crippen LogP contribution >= 0.6 is 23.4 Å². The maximum atomic E-state index is 13.7. The number of anilines is 1. The van der Waals surface area contributed by atoms with Crippen LogP contribution in [0.4, 0.5) is 10.1 Å². The summed E-state index contributed by atoms with van der Waals surface area (Å²) in [5, 5.41) is 14.9. The minimum Gasteiger partial charge on any atom is -0.342 e. The summed E-state index contributed by atoms with van der Waals surface area (Å²) >= 11 is 7.05. The molecule has 10 heteroatoms. The molecule has 31 heavy (non-hydrogen) atoms. The van der Waals surface area contributed by atoms with Gasteiger partial charge in [-0.1, -0.05) is 35.5 Å². The Labute approximate surface area is 188 Å². The molecule has 0 radical (unpaired) electrons. The standard InChI is InChI=1S/C21H21ClFN5O2S/c1-3-28-19(13(2)24-20(30)14-8-10-15(22)11-9-14)26-27-21(28)31-12-18(29)25-17-7-5-4-6-16(17)23/h4-11,13H,3,12H2,1-2H3,(H,24,30)(H,25,29)/t13-/m1/s1. The molecule has 2 N–H and O–H groups in total. The molecule has 0 aliphatic heterocycles. The lowest BCUT2D eigenvalue weighted by Gasteiger charge is -2.15. The van der Waals surface area contributed by atoms with Gasteiger partial charge in [0.2, 0.25) is 5.91 Å². The van der Waals surface area contributed by atoms with Crippen LogP contribution in [0.25, 0.3) is 0 Å². The first-order chi connectivity index (χ1) is 14.9. The molecule has 1 atom stereocenters. The van der Waals surface area contributed by atoms with Gasteiger partial charge in [-0.3, -0.25) is 9.59 Å². The number of carbonyl (C=O) groups is 2. The summed E-state index contributed by atoms with van der Waals surface area (Å²) in [5.41, 5.74) is 0.613. The van der Waals surface area contributed by atoms with Crippen LogP contribution in [0.1, 0.15) is 36.1 Å². The molecule has 0 bridgehead atoms. The van der Waals surface area contributed by atoms with Gasteiger partial charge in [0, 0.05) is 17.1 Å². The molecule has 0 fully saturated rings. The quantitative estimate of drug-likeness (QED) is 0.488. The second-order valence-corrected chi connectivity index (χ2v) is 7.98. The average molecular weight is 462 g/mol. The van der Waals surface area contributed by atoms with Gasteiger partial charge in [-0.2, -0.15) is 0 Å². The van der Waals surface area contributed by atoms with E-state index in [0.29, 0.717) is 28.1 Å². The van der Waals surface area contributed by atoms with E-state index in [1.807, 2.05) is 18.4 Å². The van der Waals surface area contributed by atoms with Gasteiger partial charge in [0.15, 0.2) is 11.0 Å². The van der Waals surface area contributed by atoms with Crippen molar-refractivity contribution >= 4 is 40.9 Å². The SMILES string of the molecule is CCn1c(SCC(=O)Nc2ccccc2F)nnc1[C@@H](C)NC(=O)c1ccc(Cl)cc1. The van der Waals surface area contributed by atoms with Gasteiger partial charge in [-0.05, 0) is 50.2 Å². The molecule has 2 aromatic carbocycles. The lowest BCUT2D eigenvalue weighted by molar-refractivity contribution is -0.113. The maximum Gasteiger partial charge on any atom is 0.251 e. The van der Waals surface area contributed by atoms with Crippen LogP contribution in [0.5, 0.6) is 0 Å². The summed E-state index contributed by atoms with van der Waals surface area (Å²) < 4.78 is 15.5. The molecule has 162 valence electrons. The predicted molar refractivity (Wildman–Crippen MR) is 119 cm³/mol. The van der Waals surface area contributed by atoms with Gasteiger partial charge in [0.25, 0.3) is 5.91 Å². The number of thioether (sulfide) groups is 1. The number of rotatable bonds is 8. The topological polar surface area (TPSA) is 88.9 Å². The Morgan fingerprint density at radius 2 is 1.87 bits per heavy atom. The van der Waals surface area contributed by atoms with E-state index in [1.54, 1.807) is 36.4 Å². The Kier molecular flexibility index (Phi) is 7.64. The monoisotopic (exact) mass is 461 g/mol. The largest absolute Gasteiger partial charge is 0.342 e. The highest BCUT2D eigenvalue weighted by Crippen LogP contribution is 2.22. The van der Waals surface area contributed by atoms with Crippen molar-refractivity contribution in [3.05, 3.63) is 70.8 Å². The number of hydrogen-bond donors (Lipinski definition) is 2. The Morgan fingerprint density at radius 1 is 1.16 bits per heavy atom. The number of nitrogens with zero attached hydrogens (tertiary/aromatic N) is 3. The fourth-order valence-electron chi connectivity index (χ4n) is 2.85. The molecular weight excluding hydrogens is 441 g/mol. The van der Waals surface area contributed by atoms with Crippen LogP contribution in [0, 0.1) is 5.82 Å². The third-order valence-corrected chi connectivity index (χ3v) is 5.60. The first kappa shape index (κ1) is 22.8. The molecule has 2 amide bonds. The first-order valence-corrected chi connectivity index (χ1v) is 10.9. The summed E-state index contributed by atoms with van der Waals surface area (Å²) in [4.78, 5) is 24.6. The molecule has 0 unspecified atom stereocenters. The molecule has 3 aromatic rings. The minimum atomic E-state index is -0.495. The van der Waals surface area contributed by atoms with E-state index >= 15 is 0 Å². The molecule has 0 saturated heterocycles. The average Bonchev–Trinajstić information content (AvgIpc) is 3.17. The van der Waals surface area contributed by atoms with Gasteiger partial charge < -0.3 is 15.2 Å². The highest BCUT2D eigenvalue weighted by atomic mass is 35.5. The number of nitrogens with one attached hydrogen (secondary N) is 2. The lowest BCUT2D eigenvalue weighted by Crippen LogP contribution is -2.28. The van der Waals surface area contributed by atoms with E-state index in [2.05, 4.69) is 20.8 Å². The van der Waals surface area contributed by atoms with Crippen molar-refractivity contribution in [1.82, 2.24) is 20.1 Å². The summed E-state index contributed by atoms with van der Waals surface area (Å²) in [6.45, 7) is 4.29. The van der Waals surface area contributed by atoms with E-state index in [4.69, 9.17) is 11.6 Å². The van der Waals surface area contributed by atoms with Crippen molar-refractivity contribution < 1.29 is 14.0 Å². The second-order valence-electron chi connectivity index (χ2n) is 6.60. The van der Waals surface area contributed by atoms with Crippen molar-refractivity contribution in [2.24, 2.45) is 0 Å². The fraction of sp³-hybridized carbons (Fsp3) is 0.238. The number of aromatic nitrogens is 3. The minimum absolute atomic E-state index is 0.0397. The third kappa shape index (κ3) is 5.83. The fourth-order valence-corrected chi connectivity index (χ4v) is 3.78. The van der Waals surface area contributed by atoms with Crippen LogP contribution in [0.15, 0.2) is 53.7 Å². The zero-order chi connectivity index (χ0) is 22.4. The number of carbonyl (C=O) groups excluding carboxylic acids is 2. The van der Waals surface area contributed by atoms with Crippen LogP contribution in [-0.2, 0) is 11.3 Å². The van der Waals surface area contributed by atoms with Gasteiger partial charge in [0.1, 0.15) is 5.82 Å². The summed E-state index contributed by atoms with van der Waals surface area (Å²) in [6.07, 6.45) is 0. The Morgan fingerprint density at radius 3 is 2.55 bits per heavy atom. The normalized spacial score (nSPS) is 11.7. The number of amides is 2. The Bertz CT molecular complexity index is 1070. The van der Waals surface area contributed by atoms with Crippen molar-refractivity contribution in [1.29, 1.82) is 0 Å². The van der Waals surface area contributed by atoms with Gasteiger partial charge in [0.05, 0.1) is 17.5 Å². The maximum absolute atomic E-state index is 13.7. The molecular formula is C21H21ClFN5O2S. The van der Waals surface area contributed by atoms with E-state index in [1.165, 1.54) is 23.9 Å². The Hall–Kier alpha value is -2.91. The third-order valence-electron chi connectivity index (χ3n) is 4.38. The number of hydrogen-bond acceptors (Lipinski definition) is 5. The van der Waals surface area contributed by atoms with E-state index in [9.17, 15) is 14.0 Å². The molecule has 1 heterocycles. The van der Waals surface area contributed by atoms with Gasteiger partial charge in [-0.25, -0.2) is 4.39 Å². The number of halogens is 2.